The van der Waals surface area contributed by atoms with Gasteiger partial charge in [-0.25, -0.2) is 4.79 Å². The first-order chi connectivity index (χ1) is 11.0. The maximum absolute atomic E-state index is 12.6. The third-order valence-electron chi connectivity index (χ3n) is 3.52. The molecule has 1 aromatic heterocycles. The number of aromatic nitrogens is 1. The van der Waals surface area contributed by atoms with Crippen LogP contribution in [0.2, 0.25) is 0 Å². The van der Waals surface area contributed by atoms with E-state index in [-0.39, 0.29) is 11.5 Å². The van der Waals surface area contributed by atoms with E-state index in [4.69, 9.17) is 9.26 Å². The molecule has 6 nitrogen and oxygen atoms in total. The third kappa shape index (κ3) is 3.59. The molecular weight excluding hydrogens is 296 g/mol. The normalized spacial score (nSPS) is 11.8. The van der Waals surface area contributed by atoms with Crippen molar-refractivity contribution in [3.63, 3.8) is 0 Å². The number of esters is 1. The Hall–Kier alpha value is -2.63. The zero-order chi connectivity index (χ0) is 17.0. The van der Waals surface area contributed by atoms with E-state index in [1.807, 2.05) is 37.3 Å². The minimum atomic E-state index is -0.906. The maximum Gasteiger partial charge on any atom is 0.344 e. The number of hydrogen-bond acceptors (Lipinski definition) is 5. The molecule has 1 aromatic carbocycles. The lowest BCUT2D eigenvalue weighted by Crippen LogP contribution is -2.40. The number of carbonyl (C=O) groups is 2. The smallest absolute Gasteiger partial charge is 0.344 e. The highest BCUT2D eigenvalue weighted by molar-refractivity contribution is 5.99. The van der Waals surface area contributed by atoms with Crippen LogP contribution in [0.15, 0.2) is 34.9 Å². The van der Waals surface area contributed by atoms with Crippen LogP contribution in [-0.2, 0) is 9.53 Å². The molecular formula is C17H20N2O4. The fourth-order valence-corrected chi connectivity index (χ4v) is 2.34. The summed E-state index contributed by atoms with van der Waals surface area (Å²) >= 11 is 0. The number of rotatable bonds is 5. The maximum atomic E-state index is 12.6. The van der Waals surface area contributed by atoms with Gasteiger partial charge in [-0.05, 0) is 39.8 Å². The topological polar surface area (TPSA) is 72.6 Å². The van der Waals surface area contributed by atoms with E-state index >= 15 is 0 Å². The molecule has 0 bridgehead atoms. The van der Waals surface area contributed by atoms with Gasteiger partial charge in [0.2, 0.25) is 0 Å². The van der Waals surface area contributed by atoms with Gasteiger partial charge >= 0.3 is 5.97 Å². The van der Waals surface area contributed by atoms with Crippen molar-refractivity contribution in [1.29, 1.82) is 0 Å². The van der Waals surface area contributed by atoms with Crippen molar-refractivity contribution in [2.75, 3.05) is 11.4 Å². The Balaban J connectivity index is 2.12. The van der Waals surface area contributed by atoms with E-state index in [0.29, 0.717) is 18.0 Å². The largest absolute Gasteiger partial charge is 0.449 e. The molecule has 0 aliphatic rings. The number of anilines is 1. The second-order valence-electron chi connectivity index (χ2n) is 5.16. The Bertz CT molecular complexity index is 674. The zero-order valence-electron chi connectivity index (χ0n) is 13.7. The van der Waals surface area contributed by atoms with E-state index in [9.17, 15) is 9.59 Å². The third-order valence-corrected chi connectivity index (χ3v) is 3.52. The van der Waals surface area contributed by atoms with E-state index < -0.39 is 12.1 Å². The Labute approximate surface area is 135 Å². The lowest BCUT2D eigenvalue weighted by molar-refractivity contribution is -0.126. The van der Waals surface area contributed by atoms with Crippen LogP contribution in [-0.4, -0.2) is 29.7 Å². The van der Waals surface area contributed by atoms with Gasteiger partial charge in [-0.15, -0.1) is 0 Å². The Morgan fingerprint density at radius 2 is 1.91 bits per heavy atom. The van der Waals surface area contributed by atoms with Crippen LogP contribution in [0.1, 0.15) is 35.7 Å². The Kier molecular flexibility index (Phi) is 5.16. The highest BCUT2D eigenvalue weighted by atomic mass is 16.5. The van der Waals surface area contributed by atoms with Crippen LogP contribution >= 0.6 is 0 Å². The summed E-state index contributed by atoms with van der Waals surface area (Å²) in [6, 6.07) is 9.26. The molecule has 0 saturated heterocycles. The Morgan fingerprint density at radius 1 is 1.26 bits per heavy atom. The molecule has 1 heterocycles. The van der Waals surface area contributed by atoms with E-state index in [1.165, 1.54) is 0 Å². The second-order valence-corrected chi connectivity index (χ2v) is 5.16. The summed E-state index contributed by atoms with van der Waals surface area (Å²) in [7, 11) is 0. The number of para-hydroxylation sites is 1. The fraction of sp³-hybridized carbons (Fsp3) is 0.353. The summed E-state index contributed by atoms with van der Waals surface area (Å²) in [5, 5.41) is 3.72. The summed E-state index contributed by atoms with van der Waals surface area (Å²) in [6.45, 7) is 7.20. The molecule has 122 valence electrons. The first-order valence-electron chi connectivity index (χ1n) is 7.46. The lowest BCUT2D eigenvalue weighted by Gasteiger charge is -2.24. The molecule has 0 spiro atoms. The monoisotopic (exact) mass is 316 g/mol. The van der Waals surface area contributed by atoms with Crippen molar-refractivity contribution in [3.05, 3.63) is 47.3 Å². The highest BCUT2D eigenvalue weighted by Gasteiger charge is 2.27. The van der Waals surface area contributed by atoms with Crippen LogP contribution in [0.3, 0.4) is 0 Å². The summed E-state index contributed by atoms with van der Waals surface area (Å²) < 4.78 is 10.2. The molecule has 1 amide bonds. The van der Waals surface area contributed by atoms with Crippen LogP contribution < -0.4 is 4.90 Å². The van der Waals surface area contributed by atoms with Crippen molar-refractivity contribution in [3.8, 4) is 0 Å². The number of amides is 1. The predicted molar refractivity (Wildman–Crippen MR) is 85.3 cm³/mol. The van der Waals surface area contributed by atoms with E-state index in [0.717, 1.165) is 5.69 Å². The molecule has 1 atom stereocenters. The minimum absolute atomic E-state index is 0.271. The van der Waals surface area contributed by atoms with Crippen molar-refractivity contribution in [1.82, 2.24) is 5.16 Å². The summed E-state index contributed by atoms with van der Waals surface area (Å²) in [5.74, 6) is -0.507. The van der Waals surface area contributed by atoms with Gasteiger partial charge in [0.25, 0.3) is 5.91 Å². The number of carbonyl (C=O) groups excluding carboxylic acids is 2. The van der Waals surface area contributed by atoms with E-state index in [1.54, 1.807) is 25.7 Å². The van der Waals surface area contributed by atoms with Crippen molar-refractivity contribution >= 4 is 17.6 Å². The van der Waals surface area contributed by atoms with Crippen LogP contribution in [0.5, 0.6) is 0 Å². The second kappa shape index (κ2) is 7.09. The van der Waals surface area contributed by atoms with Gasteiger partial charge in [-0.2, -0.15) is 0 Å². The number of nitrogens with zero attached hydrogens (tertiary/aromatic N) is 2. The van der Waals surface area contributed by atoms with Crippen LogP contribution in [0.4, 0.5) is 5.69 Å². The number of likely N-dealkylation sites (N-methyl/N-ethyl adjacent to an activating group) is 1. The van der Waals surface area contributed by atoms with Crippen LogP contribution in [0, 0.1) is 13.8 Å². The number of aryl methyl sites for hydroxylation is 2. The van der Waals surface area contributed by atoms with Gasteiger partial charge in [0.05, 0.1) is 5.69 Å². The van der Waals surface area contributed by atoms with Gasteiger partial charge in [0, 0.05) is 12.2 Å². The summed E-state index contributed by atoms with van der Waals surface area (Å²) in [5.41, 5.74) is 1.48. The number of ether oxygens (including phenoxy) is 1. The van der Waals surface area contributed by atoms with Crippen molar-refractivity contribution in [2.24, 2.45) is 0 Å². The average Bonchev–Trinajstić information content (AvgIpc) is 2.87. The standard InChI is InChI=1S/C17H20N2O4/c1-5-19(14-9-7-6-8-10-14)16(20)13(4)22-17(21)15-11(2)18-23-12(15)3/h6-10,13H,5H2,1-4H3. The zero-order valence-corrected chi connectivity index (χ0v) is 13.7. The highest BCUT2D eigenvalue weighted by Crippen LogP contribution is 2.18. The lowest BCUT2D eigenvalue weighted by atomic mass is 10.2. The molecule has 0 aliphatic carbocycles. The molecule has 0 aliphatic heterocycles. The van der Waals surface area contributed by atoms with Gasteiger partial charge in [0.1, 0.15) is 11.3 Å². The van der Waals surface area contributed by atoms with Gasteiger partial charge in [0.15, 0.2) is 6.10 Å². The average molecular weight is 316 g/mol. The van der Waals surface area contributed by atoms with Crippen molar-refractivity contribution < 1.29 is 18.8 Å². The molecule has 1 unspecified atom stereocenters. The molecule has 2 rings (SSSR count). The quantitative estimate of drug-likeness (QED) is 0.793. The van der Waals surface area contributed by atoms with Gasteiger partial charge in [-0.1, -0.05) is 23.4 Å². The summed E-state index contributed by atoms with van der Waals surface area (Å²) in [4.78, 5) is 26.4. The molecule has 0 saturated carbocycles. The molecule has 0 fully saturated rings. The van der Waals surface area contributed by atoms with Gasteiger partial charge in [-0.3, -0.25) is 4.79 Å². The molecule has 0 radical (unpaired) electrons. The molecule has 2 aromatic rings. The fourth-order valence-electron chi connectivity index (χ4n) is 2.34. The molecule has 23 heavy (non-hydrogen) atoms. The minimum Gasteiger partial charge on any atom is -0.449 e. The molecule has 0 N–H and O–H groups in total. The van der Waals surface area contributed by atoms with Crippen LogP contribution in [0.25, 0.3) is 0 Å². The molecule has 6 heteroatoms. The SMILES string of the molecule is CCN(C(=O)C(C)OC(=O)c1c(C)noc1C)c1ccccc1. The van der Waals surface area contributed by atoms with Gasteiger partial charge < -0.3 is 14.2 Å². The van der Waals surface area contributed by atoms with E-state index in [2.05, 4.69) is 5.16 Å². The van der Waals surface area contributed by atoms with Crippen molar-refractivity contribution in [2.45, 2.75) is 33.8 Å². The number of hydrogen-bond donors (Lipinski definition) is 0. The first kappa shape index (κ1) is 16.7. The summed E-state index contributed by atoms with van der Waals surface area (Å²) in [6.07, 6.45) is -0.906. The first-order valence-corrected chi connectivity index (χ1v) is 7.46. The predicted octanol–water partition coefficient (Wildman–Crippen LogP) is 2.89. The Morgan fingerprint density at radius 3 is 2.43 bits per heavy atom. The number of benzene rings is 1.